The molecule has 3 heterocycles. The lowest BCUT2D eigenvalue weighted by Crippen LogP contribution is -2.23. The summed E-state index contributed by atoms with van der Waals surface area (Å²) in [4.78, 5) is 21.2. The van der Waals surface area contributed by atoms with Gasteiger partial charge in [-0.25, -0.2) is 4.99 Å². The molecule has 88 valence electrons. The highest BCUT2D eigenvalue weighted by molar-refractivity contribution is 7.12. The molecule has 0 saturated heterocycles. The Balaban J connectivity index is 1.94. The average Bonchev–Trinajstić information content (AvgIpc) is 3.01. The predicted octanol–water partition coefficient (Wildman–Crippen LogP) is 2.06. The SMILES string of the molecule is O=C1NC(c2cccs2)=N/C1=C/c1ccccn1. The van der Waals surface area contributed by atoms with Gasteiger partial charge in [0.25, 0.3) is 5.91 Å². The molecule has 0 saturated carbocycles. The first-order valence-electron chi connectivity index (χ1n) is 5.39. The minimum absolute atomic E-state index is 0.191. The van der Waals surface area contributed by atoms with Crippen LogP contribution in [0.15, 0.2) is 52.6 Å². The van der Waals surface area contributed by atoms with Crippen molar-refractivity contribution < 1.29 is 4.79 Å². The highest BCUT2D eigenvalue weighted by atomic mass is 32.1. The van der Waals surface area contributed by atoms with E-state index in [9.17, 15) is 4.79 Å². The fourth-order valence-corrected chi connectivity index (χ4v) is 2.27. The van der Waals surface area contributed by atoms with E-state index in [0.29, 0.717) is 11.5 Å². The maximum atomic E-state index is 11.8. The second-order valence-corrected chi connectivity index (χ2v) is 4.62. The molecule has 0 aromatic carbocycles. The highest BCUT2D eigenvalue weighted by Crippen LogP contribution is 2.16. The fourth-order valence-electron chi connectivity index (χ4n) is 1.60. The number of amidine groups is 1. The van der Waals surface area contributed by atoms with E-state index in [2.05, 4.69) is 15.3 Å². The summed E-state index contributed by atoms with van der Waals surface area (Å²) in [6.45, 7) is 0. The number of rotatable bonds is 2. The molecule has 1 aliphatic heterocycles. The minimum Gasteiger partial charge on any atom is -0.304 e. The summed E-state index contributed by atoms with van der Waals surface area (Å²) in [5.74, 6) is 0.418. The normalized spacial score (nSPS) is 16.8. The summed E-state index contributed by atoms with van der Waals surface area (Å²) in [7, 11) is 0. The molecule has 0 aliphatic carbocycles. The van der Waals surface area contributed by atoms with Gasteiger partial charge in [-0.15, -0.1) is 11.3 Å². The largest absolute Gasteiger partial charge is 0.304 e. The van der Waals surface area contributed by atoms with Crippen LogP contribution in [0, 0.1) is 0 Å². The van der Waals surface area contributed by atoms with Gasteiger partial charge < -0.3 is 5.32 Å². The summed E-state index contributed by atoms with van der Waals surface area (Å²) >= 11 is 1.54. The number of hydrogen-bond donors (Lipinski definition) is 1. The van der Waals surface area contributed by atoms with Crippen molar-refractivity contribution in [3.63, 3.8) is 0 Å². The van der Waals surface area contributed by atoms with E-state index in [4.69, 9.17) is 0 Å². The second kappa shape index (κ2) is 4.54. The maximum Gasteiger partial charge on any atom is 0.275 e. The number of aromatic nitrogens is 1. The van der Waals surface area contributed by atoms with Crippen molar-refractivity contribution in [1.82, 2.24) is 10.3 Å². The zero-order chi connectivity index (χ0) is 12.4. The standard InChI is InChI=1S/C13H9N3OS/c17-13-10(8-9-4-1-2-6-14-9)15-12(16-13)11-5-3-7-18-11/h1-8H,(H,15,16,17)/b10-8+. The number of aliphatic imine (C=N–C) groups is 1. The highest BCUT2D eigenvalue weighted by Gasteiger charge is 2.21. The van der Waals surface area contributed by atoms with Crippen LogP contribution in [0.4, 0.5) is 0 Å². The molecule has 0 spiro atoms. The molecule has 0 radical (unpaired) electrons. The number of nitrogens with one attached hydrogen (secondary N) is 1. The van der Waals surface area contributed by atoms with E-state index in [-0.39, 0.29) is 5.91 Å². The molecule has 5 heteroatoms. The molecule has 18 heavy (non-hydrogen) atoms. The first kappa shape index (κ1) is 10.9. The first-order chi connectivity index (χ1) is 8.83. The van der Waals surface area contributed by atoms with Gasteiger partial charge >= 0.3 is 0 Å². The van der Waals surface area contributed by atoms with Gasteiger partial charge in [0.1, 0.15) is 5.70 Å². The summed E-state index contributed by atoms with van der Waals surface area (Å²) in [5, 5.41) is 4.70. The third-order valence-corrected chi connectivity index (χ3v) is 3.30. The second-order valence-electron chi connectivity index (χ2n) is 3.68. The Bertz CT molecular complexity index is 630. The monoisotopic (exact) mass is 255 g/mol. The van der Waals surface area contributed by atoms with Gasteiger partial charge in [0.2, 0.25) is 0 Å². The lowest BCUT2D eigenvalue weighted by atomic mass is 10.3. The zero-order valence-electron chi connectivity index (χ0n) is 9.33. The Hall–Kier alpha value is -2.27. The van der Waals surface area contributed by atoms with E-state index < -0.39 is 0 Å². The van der Waals surface area contributed by atoms with Crippen LogP contribution in [0.5, 0.6) is 0 Å². The number of hydrogen-bond acceptors (Lipinski definition) is 4. The van der Waals surface area contributed by atoms with Gasteiger partial charge in [-0.3, -0.25) is 9.78 Å². The number of carbonyl (C=O) groups excluding carboxylic acids is 1. The molecule has 0 unspecified atom stereocenters. The minimum atomic E-state index is -0.191. The number of pyridine rings is 1. The van der Waals surface area contributed by atoms with Crippen molar-refractivity contribution in [2.75, 3.05) is 0 Å². The van der Waals surface area contributed by atoms with Gasteiger partial charge in [-0.2, -0.15) is 0 Å². The molecule has 1 aliphatic rings. The van der Waals surface area contributed by atoms with Crippen LogP contribution in [0.2, 0.25) is 0 Å². The maximum absolute atomic E-state index is 11.8. The molecule has 3 rings (SSSR count). The third kappa shape index (κ3) is 2.08. The van der Waals surface area contributed by atoms with Gasteiger partial charge in [0, 0.05) is 6.20 Å². The summed E-state index contributed by atoms with van der Waals surface area (Å²) in [6.07, 6.45) is 3.36. The molecule has 0 fully saturated rings. The van der Waals surface area contributed by atoms with Gasteiger partial charge in [0.05, 0.1) is 10.6 Å². The van der Waals surface area contributed by atoms with Gasteiger partial charge in [-0.1, -0.05) is 12.1 Å². The van der Waals surface area contributed by atoms with E-state index in [1.165, 1.54) is 0 Å². The summed E-state index contributed by atoms with van der Waals surface area (Å²) in [5.41, 5.74) is 1.11. The van der Waals surface area contributed by atoms with E-state index in [0.717, 1.165) is 10.6 Å². The fraction of sp³-hybridized carbons (Fsp3) is 0. The third-order valence-electron chi connectivity index (χ3n) is 2.42. The van der Waals surface area contributed by atoms with Crippen LogP contribution in [-0.2, 0) is 4.79 Å². The lowest BCUT2D eigenvalue weighted by Gasteiger charge is -1.93. The van der Waals surface area contributed by atoms with E-state index >= 15 is 0 Å². The smallest absolute Gasteiger partial charge is 0.275 e. The Morgan fingerprint density at radius 2 is 2.17 bits per heavy atom. The molecular weight excluding hydrogens is 246 g/mol. The number of nitrogens with zero attached hydrogens (tertiary/aromatic N) is 2. The predicted molar refractivity (Wildman–Crippen MR) is 71.2 cm³/mol. The molecule has 1 amide bonds. The van der Waals surface area contributed by atoms with Crippen LogP contribution < -0.4 is 5.32 Å². The van der Waals surface area contributed by atoms with Crippen LogP contribution in [0.25, 0.3) is 6.08 Å². The Kier molecular flexibility index (Phi) is 2.74. The number of carbonyl (C=O) groups is 1. The topological polar surface area (TPSA) is 54.4 Å². The van der Waals surface area contributed by atoms with Crippen molar-refractivity contribution in [2.24, 2.45) is 4.99 Å². The van der Waals surface area contributed by atoms with Crippen LogP contribution in [0.1, 0.15) is 10.6 Å². The molecule has 2 aromatic rings. The number of amides is 1. The molecular formula is C13H9N3OS. The summed E-state index contributed by atoms with van der Waals surface area (Å²) in [6, 6.07) is 9.38. The van der Waals surface area contributed by atoms with Crippen LogP contribution in [0.3, 0.4) is 0 Å². The van der Waals surface area contributed by atoms with Gasteiger partial charge in [-0.05, 0) is 29.7 Å². The number of thiophene rings is 1. The zero-order valence-corrected chi connectivity index (χ0v) is 10.1. The van der Waals surface area contributed by atoms with Crippen LogP contribution >= 0.6 is 11.3 Å². The molecule has 4 nitrogen and oxygen atoms in total. The molecule has 0 atom stereocenters. The lowest BCUT2D eigenvalue weighted by molar-refractivity contribution is -0.115. The van der Waals surface area contributed by atoms with Gasteiger partial charge in [0.15, 0.2) is 5.84 Å². The van der Waals surface area contributed by atoms with E-state index in [1.54, 1.807) is 23.6 Å². The van der Waals surface area contributed by atoms with Crippen molar-refractivity contribution >= 4 is 29.2 Å². The first-order valence-corrected chi connectivity index (χ1v) is 6.27. The molecule has 0 bridgehead atoms. The van der Waals surface area contributed by atoms with Crippen molar-refractivity contribution in [2.45, 2.75) is 0 Å². The Labute approximate surface area is 108 Å². The Morgan fingerprint density at radius 1 is 1.22 bits per heavy atom. The average molecular weight is 255 g/mol. The van der Waals surface area contributed by atoms with Crippen molar-refractivity contribution in [1.29, 1.82) is 0 Å². The molecule has 1 N–H and O–H groups in total. The van der Waals surface area contributed by atoms with Crippen molar-refractivity contribution in [3.8, 4) is 0 Å². The van der Waals surface area contributed by atoms with Crippen molar-refractivity contribution in [3.05, 3.63) is 58.2 Å². The Morgan fingerprint density at radius 3 is 2.89 bits per heavy atom. The quantitative estimate of drug-likeness (QED) is 0.835. The summed E-state index contributed by atoms with van der Waals surface area (Å²) < 4.78 is 0. The molecule has 2 aromatic heterocycles. The van der Waals surface area contributed by atoms with Crippen LogP contribution in [-0.4, -0.2) is 16.7 Å². The van der Waals surface area contributed by atoms with E-state index in [1.807, 2.05) is 35.7 Å².